The Labute approximate surface area is 141 Å². The smallest absolute Gasteiger partial charge is 0.226 e. The highest BCUT2D eigenvalue weighted by molar-refractivity contribution is 7.14. The van der Waals surface area contributed by atoms with Gasteiger partial charge in [-0.05, 0) is 36.1 Å². The van der Waals surface area contributed by atoms with Gasteiger partial charge in [-0.2, -0.15) is 11.3 Å². The first-order valence-corrected chi connectivity index (χ1v) is 8.96. The molecule has 0 bridgehead atoms. The van der Waals surface area contributed by atoms with Crippen LogP contribution in [0.15, 0.2) is 46.5 Å². The average molecular weight is 346 g/mol. The van der Waals surface area contributed by atoms with Crippen molar-refractivity contribution in [2.24, 2.45) is 0 Å². The lowest BCUT2D eigenvalue weighted by Crippen LogP contribution is -2.28. The van der Waals surface area contributed by atoms with E-state index in [9.17, 15) is 9.18 Å². The molecule has 1 N–H and O–H groups in total. The molecule has 3 nitrogen and oxygen atoms in total. The highest BCUT2D eigenvalue weighted by Gasteiger charge is 2.13. The molecule has 3 rings (SSSR count). The fraction of sp³-hybridized carbons (Fsp3) is 0.176. The van der Waals surface area contributed by atoms with Gasteiger partial charge >= 0.3 is 0 Å². The summed E-state index contributed by atoms with van der Waals surface area (Å²) < 4.78 is 12.9. The van der Waals surface area contributed by atoms with Crippen molar-refractivity contribution >= 4 is 28.6 Å². The van der Waals surface area contributed by atoms with E-state index in [2.05, 4.69) is 10.3 Å². The van der Waals surface area contributed by atoms with Crippen molar-refractivity contribution in [2.75, 3.05) is 0 Å². The van der Waals surface area contributed by atoms with E-state index in [1.165, 1.54) is 12.1 Å². The molecular formula is C17H15FN2OS2. The van der Waals surface area contributed by atoms with Crippen LogP contribution in [-0.4, -0.2) is 10.9 Å². The first-order valence-electron chi connectivity index (χ1n) is 7.13. The number of halogens is 1. The Morgan fingerprint density at radius 2 is 2.04 bits per heavy atom. The Morgan fingerprint density at radius 3 is 2.74 bits per heavy atom. The number of carbonyl (C=O) groups excluding carboxylic acids is 1. The number of hydrogen-bond donors (Lipinski definition) is 1. The molecular weight excluding hydrogens is 331 g/mol. The molecule has 2 aromatic heterocycles. The molecule has 1 aromatic carbocycles. The predicted octanol–water partition coefficient (Wildman–Crippen LogP) is 4.43. The Kier molecular flexibility index (Phi) is 4.83. The molecule has 0 aliphatic rings. The molecule has 1 unspecified atom stereocenters. The van der Waals surface area contributed by atoms with Gasteiger partial charge in [0.2, 0.25) is 5.91 Å². The number of benzene rings is 1. The number of nitrogens with one attached hydrogen (secondary N) is 1. The summed E-state index contributed by atoms with van der Waals surface area (Å²) in [5.41, 5.74) is 2.73. The van der Waals surface area contributed by atoms with E-state index < -0.39 is 0 Å². The second kappa shape index (κ2) is 7.02. The van der Waals surface area contributed by atoms with E-state index in [0.29, 0.717) is 0 Å². The molecule has 0 saturated carbocycles. The molecule has 0 spiro atoms. The van der Waals surface area contributed by atoms with Gasteiger partial charge in [-0.1, -0.05) is 12.1 Å². The Hall–Kier alpha value is -2.05. The molecule has 23 heavy (non-hydrogen) atoms. The number of aromatic nitrogens is 1. The largest absolute Gasteiger partial charge is 0.349 e. The Balaban J connectivity index is 1.60. The maximum absolute atomic E-state index is 12.9. The summed E-state index contributed by atoms with van der Waals surface area (Å²) in [5, 5.41) is 9.80. The van der Waals surface area contributed by atoms with E-state index in [1.807, 2.05) is 29.1 Å². The van der Waals surface area contributed by atoms with Crippen LogP contribution in [0.1, 0.15) is 24.2 Å². The van der Waals surface area contributed by atoms with Crippen molar-refractivity contribution in [3.05, 3.63) is 63.5 Å². The fourth-order valence-corrected chi connectivity index (χ4v) is 3.73. The van der Waals surface area contributed by atoms with Gasteiger partial charge in [0.15, 0.2) is 0 Å². The minimum Gasteiger partial charge on any atom is -0.349 e. The highest BCUT2D eigenvalue weighted by atomic mass is 32.1. The molecule has 3 aromatic rings. The van der Waals surface area contributed by atoms with Crippen molar-refractivity contribution in [1.82, 2.24) is 10.3 Å². The third-order valence-corrected chi connectivity index (χ3v) is 5.03. The number of thiazole rings is 1. The van der Waals surface area contributed by atoms with Gasteiger partial charge in [-0.3, -0.25) is 4.79 Å². The molecule has 2 heterocycles. The van der Waals surface area contributed by atoms with Crippen LogP contribution in [0.25, 0.3) is 10.6 Å². The van der Waals surface area contributed by atoms with E-state index in [-0.39, 0.29) is 24.2 Å². The standard InChI is InChI=1S/C17H15FN2OS2/c1-11(12-2-4-14(18)5-3-12)19-16(21)8-15-10-23-17(20-15)13-6-7-22-9-13/h2-7,9-11H,8H2,1H3,(H,19,21). The third-order valence-electron chi connectivity index (χ3n) is 3.41. The van der Waals surface area contributed by atoms with Crippen LogP contribution in [0, 0.1) is 5.82 Å². The van der Waals surface area contributed by atoms with Gasteiger partial charge < -0.3 is 5.32 Å². The molecule has 0 saturated heterocycles. The Morgan fingerprint density at radius 1 is 1.26 bits per heavy atom. The van der Waals surface area contributed by atoms with Gasteiger partial charge in [-0.15, -0.1) is 11.3 Å². The fourth-order valence-electron chi connectivity index (χ4n) is 2.20. The maximum atomic E-state index is 12.9. The molecule has 0 radical (unpaired) electrons. The average Bonchev–Trinajstić information content (AvgIpc) is 3.18. The Bertz CT molecular complexity index is 781. The summed E-state index contributed by atoms with van der Waals surface area (Å²) in [6.07, 6.45) is 0.242. The van der Waals surface area contributed by atoms with Crippen molar-refractivity contribution < 1.29 is 9.18 Å². The summed E-state index contributed by atoms with van der Waals surface area (Å²) >= 11 is 3.17. The summed E-state index contributed by atoms with van der Waals surface area (Å²) in [4.78, 5) is 16.6. The van der Waals surface area contributed by atoms with Crippen molar-refractivity contribution in [3.63, 3.8) is 0 Å². The quantitative estimate of drug-likeness (QED) is 0.742. The summed E-state index contributed by atoms with van der Waals surface area (Å²) in [6, 6.07) is 7.99. The van der Waals surface area contributed by atoms with Crippen LogP contribution in [0.3, 0.4) is 0 Å². The van der Waals surface area contributed by atoms with Crippen LogP contribution >= 0.6 is 22.7 Å². The first kappa shape index (κ1) is 15.8. The summed E-state index contributed by atoms with van der Waals surface area (Å²) in [6.45, 7) is 1.88. The lowest BCUT2D eigenvalue weighted by Gasteiger charge is -2.13. The number of thiophene rings is 1. The van der Waals surface area contributed by atoms with Crippen LogP contribution in [0.5, 0.6) is 0 Å². The normalized spacial score (nSPS) is 12.1. The number of hydrogen-bond acceptors (Lipinski definition) is 4. The molecule has 0 fully saturated rings. The topological polar surface area (TPSA) is 42.0 Å². The monoisotopic (exact) mass is 346 g/mol. The van der Waals surface area contributed by atoms with Crippen LogP contribution in [0.2, 0.25) is 0 Å². The lowest BCUT2D eigenvalue weighted by atomic mass is 10.1. The maximum Gasteiger partial charge on any atom is 0.226 e. The lowest BCUT2D eigenvalue weighted by molar-refractivity contribution is -0.121. The molecule has 0 aliphatic carbocycles. The van der Waals surface area contributed by atoms with Crippen molar-refractivity contribution in [3.8, 4) is 10.6 Å². The molecule has 1 atom stereocenters. The molecule has 0 aliphatic heterocycles. The minimum absolute atomic E-state index is 0.0935. The zero-order valence-electron chi connectivity index (χ0n) is 12.5. The zero-order chi connectivity index (χ0) is 16.2. The second-order valence-electron chi connectivity index (χ2n) is 5.17. The van der Waals surface area contributed by atoms with E-state index >= 15 is 0 Å². The number of nitrogens with zero attached hydrogens (tertiary/aromatic N) is 1. The minimum atomic E-state index is -0.282. The molecule has 1 amide bonds. The van der Waals surface area contributed by atoms with Gasteiger partial charge in [0, 0.05) is 16.3 Å². The van der Waals surface area contributed by atoms with Crippen LogP contribution < -0.4 is 5.32 Å². The highest BCUT2D eigenvalue weighted by Crippen LogP contribution is 2.25. The predicted molar refractivity (Wildman–Crippen MR) is 92.1 cm³/mol. The van der Waals surface area contributed by atoms with Gasteiger partial charge in [0.25, 0.3) is 0 Å². The van der Waals surface area contributed by atoms with Crippen LogP contribution in [-0.2, 0) is 11.2 Å². The first-order chi connectivity index (χ1) is 11.1. The molecule has 6 heteroatoms. The number of rotatable bonds is 5. The number of amides is 1. The SMILES string of the molecule is CC(NC(=O)Cc1csc(-c2ccsc2)n1)c1ccc(F)cc1. The number of carbonyl (C=O) groups is 1. The third kappa shape index (κ3) is 4.03. The van der Waals surface area contributed by atoms with Gasteiger partial charge in [0.05, 0.1) is 18.2 Å². The van der Waals surface area contributed by atoms with E-state index in [1.54, 1.807) is 34.8 Å². The zero-order valence-corrected chi connectivity index (χ0v) is 14.1. The molecule has 118 valence electrons. The van der Waals surface area contributed by atoms with E-state index in [0.717, 1.165) is 21.8 Å². The summed E-state index contributed by atoms with van der Waals surface area (Å²) in [7, 11) is 0. The second-order valence-corrected chi connectivity index (χ2v) is 6.81. The van der Waals surface area contributed by atoms with E-state index in [4.69, 9.17) is 0 Å². The summed E-state index contributed by atoms with van der Waals surface area (Å²) in [5.74, 6) is -0.375. The van der Waals surface area contributed by atoms with Crippen molar-refractivity contribution in [1.29, 1.82) is 0 Å². The van der Waals surface area contributed by atoms with Gasteiger partial charge in [-0.25, -0.2) is 9.37 Å². The van der Waals surface area contributed by atoms with Crippen molar-refractivity contribution in [2.45, 2.75) is 19.4 Å². The van der Waals surface area contributed by atoms with Crippen LogP contribution in [0.4, 0.5) is 4.39 Å². The van der Waals surface area contributed by atoms with Gasteiger partial charge in [0.1, 0.15) is 10.8 Å².